The second-order valence-corrected chi connectivity index (χ2v) is 4.61. The zero-order chi connectivity index (χ0) is 12.3. The highest BCUT2D eigenvalue weighted by Gasteiger charge is 2.10. The average molecular weight is 250 g/mol. The molecule has 5 nitrogen and oxygen atoms in total. The summed E-state index contributed by atoms with van der Waals surface area (Å²) in [6, 6.07) is 3.64. The molecule has 0 spiro atoms. The number of hydrogen-bond donors (Lipinski definition) is 1. The molecule has 0 saturated heterocycles. The molecule has 2 aromatic heterocycles. The first-order chi connectivity index (χ1) is 8.24. The van der Waals surface area contributed by atoms with E-state index in [0.29, 0.717) is 12.4 Å². The smallest absolute Gasteiger partial charge is 0.233 e. The summed E-state index contributed by atoms with van der Waals surface area (Å²) in [5.74, 6) is 0.504. The predicted octanol–water partition coefficient (Wildman–Crippen LogP) is 1.42. The van der Waals surface area contributed by atoms with Gasteiger partial charge in [0.1, 0.15) is 10.7 Å². The van der Waals surface area contributed by atoms with E-state index in [2.05, 4.69) is 15.2 Å². The summed E-state index contributed by atoms with van der Waals surface area (Å²) >= 11 is 1.62. The third-order valence-corrected chi connectivity index (χ3v) is 3.57. The van der Waals surface area contributed by atoms with Crippen LogP contribution in [0.5, 0.6) is 5.88 Å². The standard InChI is InChI=1S/C11H14N4OS/c1-7-9(5-6-12)17-11(13-7)8-3-4-10(16-2)15-14-8/h3-4H,5-6,12H2,1-2H3. The van der Waals surface area contributed by atoms with Crippen LogP contribution in [-0.4, -0.2) is 28.8 Å². The number of ether oxygens (including phenoxy) is 1. The Morgan fingerprint density at radius 3 is 2.76 bits per heavy atom. The first-order valence-corrected chi connectivity index (χ1v) is 6.10. The van der Waals surface area contributed by atoms with Crippen LogP contribution in [0.2, 0.25) is 0 Å². The normalized spacial score (nSPS) is 10.5. The molecule has 2 N–H and O–H groups in total. The molecule has 0 aliphatic carbocycles. The van der Waals surface area contributed by atoms with Crippen LogP contribution in [0, 0.1) is 6.92 Å². The van der Waals surface area contributed by atoms with Crippen LogP contribution in [0.3, 0.4) is 0 Å². The molecule has 17 heavy (non-hydrogen) atoms. The molecule has 6 heteroatoms. The highest BCUT2D eigenvalue weighted by molar-refractivity contribution is 7.15. The van der Waals surface area contributed by atoms with Crippen molar-refractivity contribution in [1.82, 2.24) is 15.2 Å². The van der Waals surface area contributed by atoms with Crippen molar-refractivity contribution < 1.29 is 4.74 Å². The first kappa shape index (κ1) is 11.9. The summed E-state index contributed by atoms with van der Waals surface area (Å²) in [7, 11) is 1.57. The molecule has 0 unspecified atom stereocenters. The largest absolute Gasteiger partial charge is 0.480 e. The van der Waals surface area contributed by atoms with E-state index < -0.39 is 0 Å². The van der Waals surface area contributed by atoms with Crippen LogP contribution in [0.4, 0.5) is 0 Å². The maximum atomic E-state index is 5.55. The minimum atomic E-state index is 0.504. The summed E-state index contributed by atoms with van der Waals surface area (Å²) in [5, 5.41) is 8.88. The van der Waals surface area contributed by atoms with E-state index in [1.807, 2.05) is 13.0 Å². The Bertz CT molecular complexity index is 495. The van der Waals surface area contributed by atoms with Crippen molar-refractivity contribution in [1.29, 1.82) is 0 Å². The van der Waals surface area contributed by atoms with Crippen LogP contribution in [-0.2, 0) is 6.42 Å². The number of aryl methyl sites for hydroxylation is 1. The monoisotopic (exact) mass is 250 g/mol. The van der Waals surface area contributed by atoms with Crippen LogP contribution in [0.1, 0.15) is 10.6 Å². The highest BCUT2D eigenvalue weighted by Crippen LogP contribution is 2.26. The SMILES string of the molecule is COc1ccc(-c2nc(C)c(CCN)s2)nn1. The molecular weight excluding hydrogens is 236 g/mol. The van der Waals surface area contributed by atoms with Crippen LogP contribution < -0.4 is 10.5 Å². The van der Waals surface area contributed by atoms with Crippen LogP contribution in [0.15, 0.2) is 12.1 Å². The third kappa shape index (κ3) is 2.59. The van der Waals surface area contributed by atoms with Gasteiger partial charge in [0.25, 0.3) is 0 Å². The van der Waals surface area contributed by atoms with Gasteiger partial charge in [-0.25, -0.2) is 4.98 Å². The van der Waals surface area contributed by atoms with Crippen molar-refractivity contribution in [3.63, 3.8) is 0 Å². The zero-order valence-electron chi connectivity index (χ0n) is 9.80. The van der Waals surface area contributed by atoms with E-state index in [9.17, 15) is 0 Å². The lowest BCUT2D eigenvalue weighted by molar-refractivity contribution is 0.392. The van der Waals surface area contributed by atoms with Gasteiger partial charge in [0.05, 0.1) is 12.8 Å². The molecule has 0 bridgehead atoms. The van der Waals surface area contributed by atoms with Gasteiger partial charge in [-0.05, 0) is 26.0 Å². The fourth-order valence-corrected chi connectivity index (χ4v) is 2.49. The van der Waals surface area contributed by atoms with Crippen molar-refractivity contribution in [3.05, 3.63) is 22.7 Å². The van der Waals surface area contributed by atoms with Gasteiger partial charge in [0.2, 0.25) is 5.88 Å². The second kappa shape index (κ2) is 5.20. The van der Waals surface area contributed by atoms with E-state index >= 15 is 0 Å². The number of nitrogens with zero attached hydrogens (tertiary/aromatic N) is 3. The molecule has 2 aromatic rings. The Morgan fingerprint density at radius 1 is 1.35 bits per heavy atom. The summed E-state index contributed by atoms with van der Waals surface area (Å²) in [6.45, 7) is 2.62. The molecule has 2 rings (SSSR count). The van der Waals surface area contributed by atoms with Gasteiger partial charge in [-0.3, -0.25) is 0 Å². The maximum absolute atomic E-state index is 5.55. The quantitative estimate of drug-likeness (QED) is 0.888. The van der Waals surface area contributed by atoms with Gasteiger partial charge in [-0.1, -0.05) is 0 Å². The molecule has 0 radical (unpaired) electrons. The number of methoxy groups -OCH3 is 1. The Morgan fingerprint density at radius 2 is 2.18 bits per heavy atom. The molecule has 0 amide bonds. The van der Waals surface area contributed by atoms with Crippen LogP contribution in [0.25, 0.3) is 10.7 Å². The molecule has 0 aliphatic rings. The first-order valence-electron chi connectivity index (χ1n) is 5.29. The fraction of sp³-hybridized carbons (Fsp3) is 0.364. The molecule has 0 atom stereocenters. The summed E-state index contributed by atoms with van der Waals surface area (Å²) in [4.78, 5) is 5.68. The number of nitrogens with two attached hydrogens (primary N) is 1. The highest BCUT2D eigenvalue weighted by atomic mass is 32.1. The maximum Gasteiger partial charge on any atom is 0.233 e. The number of hydrogen-bond acceptors (Lipinski definition) is 6. The Balaban J connectivity index is 2.29. The Labute approximate surface area is 104 Å². The fourth-order valence-electron chi connectivity index (χ4n) is 1.44. The van der Waals surface area contributed by atoms with E-state index in [0.717, 1.165) is 22.8 Å². The molecule has 0 aliphatic heterocycles. The lowest BCUT2D eigenvalue weighted by Crippen LogP contribution is -2.01. The van der Waals surface area contributed by atoms with Gasteiger partial charge in [-0.15, -0.1) is 21.5 Å². The van der Waals surface area contributed by atoms with Crippen molar-refractivity contribution in [2.24, 2.45) is 5.73 Å². The van der Waals surface area contributed by atoms with E-state index in [1.54, 1.807) is 24.5 Å². The Kier molecular flexibility index (Phi) is 3.65. The van der Waals surface area contributed by atoms with Gasteiger partial charge in [0, 0.05) is 10.9 Å². The van der Waals surface area contributed by atoms with Gasteiger partial charge in [0.15, 0.2) is 0 Å². The van der Waals surface area contributed by atoms with Crippen molar-refractivity contribution >= 4 is 11.3 Å². The second-order valence-electron chi connectivity index (χ2n) is 3.53. The molecular formula is C11H14N4OS. The topological polar surface area (TPSA) is 73.9 Å². The minimum Gasteiger partial charge on any atom is -0.480 e. The molecule has 0 saturated carbocycles. The van der Waals surface area contributed by atoms with Gasteiger partial charge >= 0.3 is 0 Å². The summed E-state index contributed by atoms with van der Waals surface area (Å²) in [6.07, 6.45) is 0.854. The van der Waals surface area contributed by atoms with E-state index in [4.69, 9.17) is 10.5 Å². The number of rotatable bonds is 4. The molecule has 90 valence electrons. The predicted molar refractivity (Wildman–Crippen MR) is 67.2 cm³/mol. The Hall–Kier alpha value is -1.53. The van der Waals surface area contributed by atoms with Crippen LogP contribution >= 0.6 is 11.3 Å². The van der Waals surface area contributed by atoms with Crippen molar-refractivity contribution in [2.75, 3.05) is 13.7 Å². The van der Waals surface area contributed by atoms with Crippen molar-refractivity contribution in [3.8, 4) is 16.6 Å². The summed E-state index contributed by atoms with van der Waals surface area (Å²) < 4.78 is 4.97. The number of aromatic nitrogens is 3. The molecule has 0 fully saturated rings. The van der Waals surface area contributed by atoms with Crippen molar-refractivity contribution in [2.45, 2.75) is 13.3 Å². The lowest BCUT2D eigenvalue weighted by Gasteiger charge is -1.97. The van der Waals surface area contributed by atoms with Gasteiger partial charge < -0.3 is 10.5 Å². The summed E-state index contributed by atoms with van der Waals surface area (Å²) in [5.41, 5.74) is 7.34. The zero-order valence-corrected chi connectivity index (χ0v) is 10.6. The average Bonchev–Trinajstić information content (AvgIpc) is 2.72. The van der Waals surface area contributed by atoms with Gasteiger partial charge in [-0.2, -0.15) is 0 Å². The van der Waals surface area contributed by atoms with E-state index in [1.165, 1.54) is 4.88 Å². The molecule has 2 heterocycles. The molecule has 0 aromatic carbocycles. The third-order valence-electron chi connectivity index (χ3n) is 2.33. The lowest BCUT2D eigenvalue weighted by atomic mass is 10.3. The van der Waals surface area contributed by atoms with E-state index in [-0.39, 0.29) is 0 Å². The number of thiazole rings is 1. The minimum absolute atomic E-state index is 0.504.